The van der Waals surface area contributed by atoms with Crippen molar-refractivity contribution in [2.45, 2.75) is 6.54 Å². The van der Waals surface area contributed by atoms with Gasteiger partial charge in [0.05, 0.1) is 5.39 Å². The third-order valence-electron chi connectivity index (χ3n) is 3.00. The standard InChI is InChI=1S/C14H14N4S/c1-18(8-10-2-4-11(15)5-3-10)13-12-6-7-19-14(12)17-9-16-13/h2-7,9H,8,15H2,1H3. The molecule has 0 aliphatic heterocycles. The van der Waals surface area contributed by atoms with Crippen LogP contribution in [0.1, 0.15) is 5.56 Å². The number of nitrogens with two attached hydrogens (primary N) is 1. The van der Waals surface area contributed by atoms with Crippen LogP contribution in [-0.4, -0.2) is 17.0 Å². The van der Waals surface area contributed by atoms with E-state index in [1.807, 2.05) is 36.7 Å². The Labute approximate surface area is 115 Å². The molecule has 0 aliphatic carbocycles. The number of nitrogen functional groups attached to an aromatic ring is 1. The van der Waals surface area contributed by atoms with E-state index in [1.165, 1.54) is 5.56 Å². The molecular formula is C14H14N4S. The lowest BCUT2D eigenvalue weighted by Crippen LogP contribution is -2.17. The molecule has 0 bridgehead atoms. The van der Waals surface area contributed by atoms with Gasteiger partial charge in [0.1, 0.15) is 17.0 Å². The van der Waals surface area contributed by atoms with Crippen LogP contribution in [0.15, 0.2) is 42.0 Å². The van der Waals surface area contributed by atoms with Gasteiger partial charge in [-0.25, -0.2) is 9.97 Å². The van der Waals surface area contributed by atoms with Gasteiger partial charge in [0, 0.05) is 19.3 Å². The molecule has 0 saturated carbocycles. The Morgan fingerprint density at radius 1 is 1.16 bits per heavy atom. The Morgan fingerprint density at radius 3 is 2.74 bits per heavy atom. The lowest BCUT2D eigenvalue weighted by atomic mass is 10.2. The minimum Gasteiger partial charge on any atom is -0.399 e. The molecule has 0 amide bonds. The number of nitrogens with zero attached hydrogens (tertiary/aromatic N) is 3. The highest BCUT2D eigenvalue weighted by Gasteiger charge is 2.09. The summed E-state index contributed by atoms with van der Waals surface area (Å²) in [5.74, 6) is 0.961. The lowest BCUT2D eigenvalue weighted by molar-refractivity contribution is 0.901. The maximum Gasteiger partial charge on any atom is 0.140 e. The van der Waals surface area contributed by atoms with Crippen molar-refractivity contribution in [3.63, 3.8) is 0 Å². The zero-order chi connectivity index (χ0) is 13.2. The van der Waals surface area contributed by atoms with E-state index in [4.69, 9.17) is 5.73 Å². The van der Waals surface area contributed by atoms with E-state index in [-0.39, 0.29) is 0 Å². The molecule has 2 aromatic heterocycles. The van der Waals surface area contributed by atoms with Crippen molar-refractivity contribution in [3.8, 4) is 0 Å². The van der Waals surface area contributed by atoms with Crippen molar-refractivity contribution < 1.29 is 0 Å². The van der Waals surface area contributed by atoms with Crippen LogP contribution in [0.3, 0.4) is 0 Å². The van der Waals surface area contributed by atoms with Gasteiger partial charge in [-0.2, -0.15) is 0 Å². The van der Waals surface area contributed by atoms with Crippen molar-refractivity contribution >= 4 is 33.1 Å². The minimum atomic E-state index is 0.786. The average Bonchev–Trinajstić information content (AvgIpc) is 2.89. The zero-order valence-corrected chi connectivity index (χ0v) is 11.4. The van der Waals surface area contributed by atoms with Gasteiger partial charge in [-0.1, -0.05) is 12.1 Å². The molecule has 0 radical (unpaired) electrons. The van der Waals surface area contributed by atoms with Crippen molar-refractivity contribution in [1.82, 2.24) is 9.97 Å². The van der Waals surface area contributed by atoms with Crippen LogP contribution in [0.4, 0.5) is 11.5 Å². The molecule has 0 unspecified atom stereocenters. The van der Waals surface area contributed by atoms with Crippen molar-refractivity contribution in [1.29, 1.82) is 0 Å². The normalized spacial score (nSPS) is 10.8. The molecular weight excluding hydrogens is 256 g/mol. The number of rotatable bonds is 3. The van der Waals surface area contributed by atoms with E-state index in [0.717, 1.165) is 28.3 Å². The van der Waals surface area contributed by atoms with Crippen LogP contribution >= 0.6 is 11.3 Å². The van der Waals surface area contributed by atoms with Gasteiger partial charge < -0.3 is 10.6 Å². The van der Waals surface area contributed by atoms with Crippen LogP contribution in [0.25, 0.3) is 10.2 Å². The minimum absolute atomic E-state index is 0.786. The first kappa shape index (κ1) is 11.9. The summed E-state index contributed by atoms with van der Waals surface area (Å²) in [7, 11) is 2.04. The summed E-state index contributed by atoms with van der Waals surface area (Å²) in [4.78, 5) is 11.8. The summed E-state index contributed by atoms with van der Waals surface area (Å²) in [6, 6.07) is 9.98. The summed E-state index contributed by atoms with van der Waals surface area (Å²) >= 11 is 1.63. The second kappa shape index (κ2) is 4.85. The smallest absolute Gasteiger partial charge is 0.140 e. The molecule has 2 N–H and O–H groups in total. The summed E-state index contributed by atoms with van der Waals surface area (Å²) in [6.45, 7) is 0.794. The van der Waals surface area contributed by atoms with Gasteiger partial charge in [0.15, 0.2) is 0 Å². The SMILES string of the molecule is CN(Cc1ccc(N)cc1)c1ncnc2sccc12. The number of thiophene rings is 1. The summed E-state index contributed by atoms with van der Waals surface area (Å²) in [6.07, 6.45) is 1.62. The molecule has 1 aromatic carbocycles. The van der Waals surface area contributed by atoms with Gasteiger partial charge in [-0.15, -0.1) is 11.3 Å². The molecule has 0 aliphatic rings. The van der Waals surface area contributed by atoms with E-state index >= 15 is 0 Å². The Kier molecular flexibility index (Phi) is 3.05. The van der Waals surface area contributed by atoms with Crippen molar-refractivity contribution in [2.75, 3.05) is 17.7 Å². The number of aromatic nitrogens is 2. The first-order chi connectivity index (χ1) is 9.24. The molecule has 5 heteroatoms. The molecule has 0 saturated heterocycles. The Balaban J connectivity index is 1.89. The van der Waals surface area contributed by atoms with Crippen LogP contribution in [0.5, 0.6) is 0 Å². The molecule has 2 heterocycles. The molecule has 96 valence electrons. The number of benzene rings is 1. The summed E-state index contributed by atoms with van der Waals surface area (Å²) < 4.78 is 0. The number of hydrogen-bond acceptors (Lipinski definition) is 5. The number of fused-ring (bicyclic) bond motifs is 1. The second-order valence-electron chi connectivity index (χ2n) is 4.43. The van der Waals surface area contributed by atoms with Crippen LogP contribution in [0.2, 0.25) is 0 Å². The van der Waals surface area contributed by atoms with Gasteiger partial charge in [-0.3, -0.25) is 0 Å². The fraction of sp³-hybridized carbons (Fsp3) is 0.143. The zero-order valence-electron chi connectivity index (χ0n) is 10.6. The monoisotopic (exact) mass is 270 g/mol. The van der Waals surface area contributed by atoms with E-state index in [0.29, 0.717) is 0 Å². The lowest BCUT2D eigenvalue weighted by Gasteiger charge is -2.18. The van der Waals surface area contributed by atoms with Crippen LogP contribution < -0.4 is 10.6 Å². The van der Waals surface area contributed by atoms with Gasteiger partial charge in [0.25, 0.3) is 0 Å². The predicted molar refractivity (Wildman–Crippen MR) is 80.4 cm³/mol. The Bertz CT molecular complexity index is 690. The summed E-state index contributed by atoms with van der Waals surface area (Å²) in [5.41, 5.74) is 7.69. The highest BCUT2D eigenvalue weighted by atomic mass is 32.1. The van der Waals surface area contributed by atoms with E-state index < -0.39 is 0 Å². The van der Waals surface area contributed by atoms with Crippen molar-refractivity contribution in [2.24, 2.45) is 0 Å². The van der Waals surface area contributed by atoms with Gasteiger partial charge in [-0.05, 0) is 29.1 Å². The van der Waals surface area contributed by atoms with E-state index in [2.05, 4.69) is 20.9 Å². The highest BCUT2D eigenvalue weighted by Crippen LogP contribution is 2.26. The number of anilines is 2. The largest absolute Gasteiger partial charge is 0.399 e. The predicted octanol–water partition coefficient (Wildman–Crippen LogP) is 2.91. The maximum absolute atomic E-state index is 5.70. The van der Waals surface area contributed by atoms with Gasteiger partial charge >= 0.3 is 0 Å². The quantitative estimate of drug-likeness (QED) is 0.743. The topological polar surface area (TPSA) is 55.0 Å². The fourth-order valence-corrected chi connectivity index (χ4v) is 2.78. The first-order valence-electron chi connectivity index (χ1n) is 5.98. The third kappa shape index (κ3) is 2.37. The molecule has 4 nitrogen and oxygen atoms in total. The molecule has 0 atom stereocenters. The molecule has 3 rings (SSSR count). The fourth-order valence-electron chi connectivity index (χ4n) is 2.05. The number of hydrogen-bond donors (Lipinski definition) is 1. The molecule has 19 heavy (non-hydrogen) atoms. The van der Waals surface area contributed by atoms with Crippen LogP contribution in [0, 0.1) is 0 Å². The van der Waals surface area contributed by atoms with E-state index in [9.17, 15) is 0 Å². The van der Waals surface area contributed by atoms with E-state index in [1.54, 1.807) is 17.7 Å². The van der Waals surface area contributed by atoms with Crippen molar-refractivity contribution in [3.05, 3.63) is 47.6 Å². The van der Waals surface area contributed by atoms with Gasteiger partial charge in [0.2, 0.25) is 0 Å². The molecule has 3 aromatic rings. The van der Waals surface area contributed by atoms with Crippen LogP contribution in [-0.2, 0) is 6.54 Å². The Morgan fingerprint density at radius 2 is 1.95 bits per heavy atom. The third-order valence-corrected chi connectivity index (χ3v) is 3.82. The Hall–Kier alpha value is -2.14. The average molecular weight is 270 g/mol. The maximum atomic E-state index is 5.70. The molecule has 0 fully saturated rings. The first-order valence-corrected chi connectivity index (χ1v) is 6.86. The summed E-state index contributed by atoms with van der Waals surface area (Å²) in [5, 5.41) is 3.14. The molecule has 0 spiro atoms. The second-order valence-corrected chi connectivity index (χ2v) is 5.33. The highest BCUT2D eigenvalue weighted by molar-refractivity contribution is 7.16.